The molecule has 2 unspecified atom stereocenters. The third kappa shape index (κ3) is 5.85. The topological polar surface area (TPSA) is 69.7 Å². The molecule has 1 rings (SSSR count). The Morgan fingerprint density at radius 1 is 1.27 bits per heavy atom. The minimum atomic E-state index is -3.32. The summed E-state index contributed by atoms with van der Waals surface area (Å²) in [5.74, 6) is 1.06. The highest BCUT2D eigenvalue weighted by atomic mass is 32.2. The molecule has 1 aliphatic rings. The van der Waals surface area contributed by atoms with Crippen LogP contribution in [0.1, 0.15) is 34.1 Å². The maximum atomic E-state index is 11.9. The summed E-state index contributed by atoms with van der Waals surface area (Å²) in [4.78, 5) is 14.3. The Labute approximate surface area is 135 Å². The van der Waals surface area contributed by atoms with Crippen LogP contribution in [0, 0.1) is 11.8 Å². The molecular weight excluding hydrogens is 302 g/mol. The second kappa shape index (κ2) is 7.27. The molecule has 1 saturated heterocycles. The molecule has 1 N–H and O–H groups in total. The van der Waals surface area contributed by atoms with Crippen LogP contribution in [-0.2, 0) is 14.8 Å². The van der Waals surface area contributed by atoms with Crippen molar-refractivity contribution in [2.45, 2.75) is 39.7 Å². The lowest BCUT2D eigenvalue weighted by Gasteiger charge is -2.45. The molecule has 2 atom stereocenters. The van der Waals surface area contributed by atoms with Crippen LogP contribution in [0.5, 0.6) is 0 Å². The molecule has 1 heterocycles. The smallest absolute Gasteiger partial charge is 0.235 e. The summed E-state index contributed by atoms with van der Waals surface area (Å²) < 4.78 is 23.7. The van der Waals surface area contributed by atoms with E-state index in [1.54, 1.807) is 0 Å². The van der Waals surface area contributed by atoms with E-state index in [1.807, 2.05) is 0 Å². The number of nitrogens with zero attached hydrogens (tertiary/aromatic N) is 2. The van der Waals surface area contributed by atoms with E-state index >= 15 is 0 Å². The third-order valence-corrected chi connectivity index (χ3v) is 5.64. The van der Waals surface area contributed by atoms with Gasteiger partial charge in [0.2, 0.25) is 15.9 Å². The fraction of sp³-hybridized carbons (Fsp3) is 0.933. The highest BCUT2D eigenvalue weighted by Crippen LogP contribution is 2.26. The molecule has 130 valence electrons. The number of amides is 1. The van der Waals surface area contributed by atoms with Crippen molar-refractivity contribution in [3.63, 3.8) is 0 Å². The van der Waals surface area contributed by atoms with Crippen LogP contribution in [0.25, 0.3) is 0 Å². The molecule has 0 aliphatic carbocycles. The van der Waals surface area contributed by atoms with E-state index in [9.17, 15) is 13.2 Å². The van der Waals surface area contributed by atoms with E-state index in [0.29, 0.717) is 18.4 Å². The van der Waals surface area contributed by atoms with E-state index in [2.05, 4.69) is 37.9 Å². The second-order valence-corrected chi connectivity index (χ2v) is 9.55. The molecule has 0 bridgehead atoms. The molecule has 0 aromatic heterocycles. The van der Waals surface area contributed by atoms with Crippen molar-refractivity contribution in [2.75, 3.05) is 39.5 Å². The lowest BCUT2D eigenvalue weighted by molar-refractivity contribution is -0.121. The van der Waals surface area contributed by atoms with E-state index in [1.165, 1.54) is 13.5 Å². The Balaban J connectivity index is 2.53. The summed E-state index contributed by atoms with van der Waals surface area (Å²) in [6, 6.07) is 0. The van der Waals surface area contributed by atoms with Crippen LogP contribution in [0.3, 0.4) is 0 Å². The monoisotopic (exact) mass is 333 g/mol. The van der Waals surface area contributed by atoms with Crippen molar-refractivity contribution in [1.82, 2.24) is 14.5 Å². The van der Waals surface area contributed by atoms with Gasteiger partial charge in [0.25, 0.3) is 0 Å². The largest absolute Gasteiger partial charge is 0.353 e. The number of carbonyl (C=O) groups excluding carboxylic acids is 1. The fourth-order valence-corrected chi connectivity index (χ4v) is 3.31. The molecule has 0 spiro atoms. The van der Waals surface area contributed by atoms with E-state index in [4.69, 9.17) is 0 Å². The molecule has 0 aromatic carbocycles. The minimum absolute atomic E-state index is 0.137. The predicted octanol–water partition coefficient (Wildman–Crippen LogP) is 0.751. The number of hydrogen-bond acceptors (Lipinski definition) is 4. The molecular formula is C15H31N3O3S. The molecule has 1 amide bonds. The highest BCUT2D eigenvalue weighted by molar-refractivity contribution is 7.88. The van der Waals surface area contributed by atoms with Gasteiger partial charge in [-0.1, -0.05) is 13.8 Å². The van der Waals surface area contributed by atoms with Crippen molar-refractivity contribution in [1.29, 1.82) is 0 Å². The summed E-state index contributed by atoms with van der Waals surface area (Å²) >= 11 is 0. The van der Waals surface area contributed by atoms with E-state index in [0.717, 1.165) is 23.7 Å². The summed E-state index contributed by atoms with van der Waals surface area (Å²) in [6.07, 6.45) is 2.35. The van der Waals surface area contributed by atoms with Crippen molar-refractivity contribution in [2.24, 2.45) is 11.8 Å². The Morgan fingerprint density at radius 2 is 1.77 bits per heavy atom. The Morgan fingerprint density at radius 3 is 2.23 bits per heavy atom. The van der Waals surface area contributed by atoms with Crippen molar-refractivity contribution >= 4 is 15.9 Å². The second-order valence-electron chi connectivity index (χ2n) is 7.46. The first-order valence-corrected chi connectivity index (χ1v) is 9.69. The van der Waals surface area contributed by atoms with Crippen molar-refractivity contribution < 1.29 is 13.2 Å². The van der Waals surface area contributed by atoms with Gasteiger partial charge in [0.05, 0.1) is 12.8 Å². The summed E-state index contributed by atoms with van der Waals surface area (Å²) in [5, 5.41) is 2.87. The standard InChI is InChI=1S/C15H31N3O3S/c1-12-7-13(2)9-18(8-12)15(3,4)11-16-14(19)10-17(5)22(6,20)21/h12-13H,7-11H2,1-6H3,(H,16,19). The van der Waals surface area contributed by atoms with E-state index in [-0.39, 0.29) is 18.0 Å². The van der Waals surface area contributed by atoms with E-state index < -0.39 is 10.0 Å². The third-order valence-electron chi connectivity index (χ3n) is 4.38. The fourth-order valence-electron chi connectivity index (χ4n) is 2.96. The zero-order valence-corrected chi connectivity index (χ0v) is 15.5. The molecule has 1 fully saturated rings. The zero-order chi connectivity index (χ0) is 17.1. The summed E-state index contributed by atoms with van der Waals surface area (Å²) in [6.45, 7) is 11.2. The lowest BCUT2D eigenvalue weighted by atomic mass is 9.88. The maximum absolute atomic E-state index is 11.9. The number of piperidine rings is 1. The average molecular weight is 333 g/mol. The van der Waals surface area contributed by atoms with Crippen molar-refractivity contribution in [3.05, 3.63) is 0 Å². The molecule has 0 aromatic rings. The number of sulfonamides is 1. The van der Waals surface area contributed by atoms with Gasteiger partial charge in [0, 0.05) is 32.2 Å². The predicted molar refractivity (Wildman–Crippen MR) is 89.1 cm³/mol. The normalized spacial score (nSPS) is 24.5. The first-order valence-electron chi connectivity index (χ1n) is 7.85. The van der Waals surface area contributed by atoms with Crippen LogP contribution >= 0.6 is 0 Å². The van der Waals surface area contributed by atoms with Crippen molar-refractivity contribution in [3.8, 4) is 0 Å². The van der Waals surface area contributed by atoms with Gasteiger partial charge in [-0.05, 0) is 32.1 Å². The van der Waals surface area contributed by atoms with Crippen LogP contribution in [0.4, 0.5) is 0 Å². The molecule has 22 heavy (non-hydrogen) atoms. The summed E-state index contributed by atoms with van der Waals surface area (Å²) in [5.41, 5.74) is -0.137. The SMILES string of the molecule is CC1CC(C)CN(C(C)(C)CNC(=O)CN(C)S(C)(=O)=O)C1. The first-order chi connectivity index (χ1) is 9.91. The lowest BCUT2D eigenvalue weighted by Crippen LogP contribution is -2.56. The number of hydrogen-bond donors (Lipinski definition) is 1. The Kier molecular flexibility index (Phi) is 6.41. The number of likely N-dealkylation sites (tertiary alicyclic amines) is 1. The van der Waals surface area contributed by atoms with Gasteiger partial charge in [0.15, 0.2) is 0 Å². The molecule has 6 nitrogen and oxygen atoms in total. The molecule has 1 aliphatic heterocycles. The van der Waals surface area contributed by atoms with Gasteiger partial charge in [0.1, 0.15) is 0 Å². The van der Waals surface area contributed by atoms with Gasteiger partial charge in [-0.25, -0.2) is 8.42 Å². The molecule has 0 saturated carbocycles. The number of rotatable bonds is 6. The summed E-state index contributed by atoms with van der Waals surface area (Å²) in [7, 11) is -1.91. The van der Waals surface area contributed by atoms with Crippen LogP contribution in [0.15, 0.2) is 0 Å². The number of likely N-dealkylation sites (N-methyl/N-ethyl adjacent to an activating group) is 1. The number of carbonyl (C=O) groups is 1. The Bertz CT molecular complexity index is 480. The van der Waals surface area contributed by atoms with Gasteiger partial charge in [-0.15, -0.1) is 0 Å². The Hall–Kier alpha value is -0.660. The van der Waals surface area contributed by atoms with Gasteiger partial charge >= 0.3 is 0 Å². The average Bonchev–Trinajstić information content (AvgIpc) is 2.34. The highest BCUT2D eigenvalue weighted by Gasteiger charge is 2.33. The van der Waals surface area contributed by atoms with Crippen LogP contribution in [0.2, 0.25) is 0 Å². The first kappa shape index (κ1) is 19.4. The van der Waals surface area contributed by atoms with Gasteiger partial charge < -0.3 is 5.32 Å². The van der Waals surface area contributed by atoms with Crippen LogP contribution < -0.4 is 5.32 Å². The van der Waals surface area contributed by atoms with Gasteiger partial charge in [-0.2, -0.15) is 4.31 Å². The molecule has 0 radical (unpaired) electrons. The molecule has 7 heteroatoms. The van der Waals surface area contributed by atoms with Gasteiger partial charge in [-0.3, -0.25) is 9.69 Å². The zero-order valence-electron chi connectivity index (χ0n) is 14.7. The maximum Gasteiger partial charge on any atom is 0.235 e. The minimum Gasteiger partial charge on any atom is -0.353 e. The van der Waals surface area contributed by atoms with Crippen LogP contribution in [-0.4, -0.2) is 68.6 Å². The number of nitrogens with one attached hydrogen (secondary N) is 1. The quantitative estimate of drug-likeness (QED) is 0.779.